The molecular weight excluding hydrogens is 360 g/mol. The molecule has 0 bridgehead atoms. The van der Waals surface area contributed by atoms with Gasteiger partial charge < -0.3 is 24.7 Å². The molecule has 146 valence electrons. The number of ether oxygens (including phenoxy) is 4. The van der Waals surface area contributed by atoms with Crippen molar-refractivity contribution in [3.05, 3.63) is 30.1 Å². The summed E-state index contributed by atoms with van der Waals surface area (Å²) in [4.78, 5) is 45.6. The van der Waals surface area contributed by atoms with Crippen molar-refractivity contribution in [2.75, 3.05) is 6.61 Å². The van der Waals surface area contributed by atoms with Gasteiger partial charge in [-0.25, -0.2) is 0 Å². The Balaban J connectivity index is 2.39. The van der Waals surface area contributed by atoms with Gasteiger partial charge in [0.15, 0.2) is 18.5 Å². The fourth-order valence-corrected chi connectivity index (χ4v) is 2.73. The summed E-state index contributed by atoms with van der Waals surface area (Å²) in [6.07, 6.45) is -0.856. The quantitative estimate of drug-likeness (QED) is 0.392. The highest BCUT2D eigenvalue weighted by Crippen LogP contribution is 2.31. The third-order valence-electron chi connectivity index (χ3n) is 3.74. The van der Waals surface area contributed by atoms with E-state index in [0.717, 1.165) is 0 Å². The highest BCUT2D eigenvalue weighted by molar-refractivity contribution is 5.92. The van der Waals surface area contributed by atoms with Crippen molar-refractivity contribution in [3.8, 4) is 0 Å². The van der Waals surface area contributed by atoms with Crippen molar-refractivity contribution in [3.63, 3.8) is 0 Å². The number of nitrogens with two attached hydrogens (primary N) is 1. The summed E-state index contributed by atoms with van der Waals surface area (Å²) in [6, 6.07) is 3.07. The van der Waals surface area contributed by atoms with Crippen LogP contribution in [0.1, 0.15) is 37.4 Å². The van der Waals surface area contributed by atoms with Gasteiger partial charge in [-0.15, -0.1) is 0 Å². The zero-order valence-corrected chi connectivity index (χ0v) is 15.1. The predicted molar refractivity (Wildman–Crippen MR) is 86.8 cm³/mol. The number of carbonyl (C=O) groups is 4. The van der Waals surface area contributed by atoms with Gasteiger partial charge in [0.25, 0.3) is 5.91 Å². The van der Waals surface area contributed by atoms with Crippen LogP contribution in [-0.2, 0) is 33.3 Å². The molecule has 0 spiro atoms. The molecule has 4 atom stereocenters. The Morgan fingerprint density at radius 2 is 1.70 bits per heavy atom. The molecule has 1 amide bonds. The zero-order chi connectivity index (χ0) is 20.1. The van der Waals surface area contributed by atoms with Gasteiger partial charge in [0, 0.05) is 26.8 Å². The van der Waals surface area contributed by atoms with E-state index in [4.69, 9.17) is 24.7 Å². The monoisotopic (exact) mass is 381 g/mol. The van der Waals surface area contributed by atoms with Gasteiger partial charge in [0.05, 0.1) is 0 Å². The van der Waals surface area contributed by atoms with Gasteiger partial charge in [-0.1, -0.05) is 0 Å². The fraction of sp³-hybridized carbons (Fsp3) is 0.471. The van der Waals surface area contributed by atoms with E-state index in [1.165, 1.54) is 37.6 Å². The molecular formula is C17H21N2O8+. The van der Waals surface area contributed by atoms with Crippen molar-refractivity contribution in [1.29, 1.82) is 0 Å². The second kappa shape index (κ2) is 8.58. The lowest BCUT2D eigenvalue weighted by atomic mass is 10.1. The molecule has 2 heterocycles. The van der Waals surface area contributed by atoms with Gasteiger partial charge in [0.1, 0.15) is 18.3 Å². The lowest BCUT2D eigenvalue weighted by Crippen LogP contribution is -2.48. The van der Waals surface area contributed by atoms with E-state index in [2.05, 4.69) is 0 Å². The van der Waals surface area contributed by atoms with E-state index in [9.17, 15) is 19.2 Å². The van der Waals surface area contributed by atoms with Crippen molar-refractivity contribution >= 4 is 23.8 Å². The SMILES string of the molecule is CC(=O)OC[C@H]1O[C@@H]([n+]2cccc(C(N)=O)c2)C(OC(C)=O)[C@H]1OC(C)=O. The molecule has 1 aliphatic heterocycles. The van der Waals surface area contributed by atoms with Crippen molar-refractivity contribution in [2.45, 2.75) is 45.3 Å². The van der Waals surface area contributed by atoms with Crippen LogP contribution in [0.2, 0.25) is 0 Å². The standard InChI is InChI=1S/C17H20N2O8/c1-9(20)24-8-13-14(25-10(2)21)15(26-11(3)22)17(27-13)19-6-4-5-12(7-19)16(18)23/h4-7,13-15,17H,8H2,1-3H3,(H-,18,23)/p+1/t13-,14+,15?,17-/m1/s1. The number of primary amides is 1. The second-order valence-corrected chi connectivity index (χ2v) is 5.92. The Bertz CT molecular complexity index is 750. The van der Waals surface area contributed by atoms with E-state index in [0.29, 0.717) is 0 Å². The van der Waals surface area contributed by atoms with Gasteiger partial charge >= 0.3 is 24.1 Å². The van der Waals surface area contributed by atoms with Crippen molar-refractivity contribution in [1.82, 2.24) is 0 Å². The number of aromatic nitrogens is 1. The molecule has 2 N–H and O–H groups in total. The van der Waals surface area contributed by atoms with Crippen LogP contribution in [0, 0.1) is 0 Å². The molecule has 0 aromatic carbocycles. The minimum atomic E-state index is -1.03. The smallest absolute Gasteiger partial charge is 0.304 e. The summed E-state index contributed by atoms with van der Waals surface area (Å²) in [7, 11) is 0. The lowest BCUT2D eigenvalue weighted by Gasteiger charge is -2.21. The van der Waals surface area contributed by atoms with Crippen LogP contribution in [0.25, 0.3) is 0 Å². The number of carbonyl (C=O) groups excluding carboxylic acids is 4. The maximum atomic E-state index is 11.6. The third-order valence-corrected chi connectivity index (χ3v) is 3.74. The minimum Gasteiger partial charge on any atom is -0.463 e. The Labute approximate surface area is 155 Å². The molecule has 2 rings (SSSR count). The predicted octanol–water partition coefficient (Wildman–Crippen LogP) is -0.603. The summed E-state index contributed by atoms with van der Waals surface area (Å²) in [5.41, 5.74) is 5.50. The number of nitrogens with zero attached hydrogens (tertiary/aromatic N) is 1. The molecule has 1 aromatic heterocycles. The van der Waals surface area contributed by atoms with Crippen LogP contribution in [0.4, 0.5) is 0 Å². The third kappa shape index (κ3) is 5.23. The molecule has 27 heavy (non-hydrogen) atoms. The first-order valence-corrected chi connectivity index (χ1v) is 8.13. The molecule has 10 nitrogen and oxygen atoms in total. The number of hydrogen-bond donors (Lipinski definition) is 1. The maximum Gasteiger partial charge on any atom is 0.304 e. The van der Waals surface area contributed by atoms with Crippen LogP contribution in [-0.4, -0.2) is 48.7 Å². The van der Waals surface area contributed by atoms with Crippen molar-refractivity contribution < 1.29 is 42.7 Å². The Kier molecular flexibility index (Phi) is 6.45. The van der Waals surface area contributed by atoms with E-state index in [-0.39, 0.29) is 12.2 Å². The van der Waals surface area contributed by atoms with Crippen LogP contribution in [0.5, 0.6) is 0 Å². The highest BCUT2D eigenvalue weighted by Gasteiger charge is 2.54. The average molecular weight is 381 g/mol. The summed E-state index contributed by atoms with van der Waals surface area (Å²) < 4.78 is 22.8. The molecule has 1 aliphatic rings. The topological polar surface area (TPSA) is 135 Å². The number of amides is 1. The first kappa shape index (κ1) is 20.3. The van der Waals surface area contributed by atoms with Gasteiger partial charge in [-0.3, -0.25) is 19.2 Å². The Morgan fingerprint density at radius 3 is 2.26 bits per heavy atom. The molecule has 10 heteroatoms. The second-order valence-electron chi connectivity index (χ2n) is 5.92. The Hall–Kier alpha value is -3.01. The van der Waals surface area contributed by atoms with E-state index < -0.39 is 48.4 Å². The number of rotatable bonds is 6. The summed E-state index contributed by atoms with van der Waals surface area (Å²) in [5, 5.41) is 0. The molecule has 1 unspecified atom stereocenters. The van der Waals surface area contributed by atoms with Crippen LogP contribution >= 0.6 is 0 Å². The molecule has 0 radical (unpaired) electrons. The summed E-state index contributed by atoms with van der Waals surface area (Å²) in [5.74, 6) is -2.44. The molecule has 1 aromatic rings. The normalized spacial score (nSPS) is 24.1. The maximum absolute atomic E-state index is 11.6. The first-order chi connectivity index (χ1) is 12.7. The molecule has 0 aliphatic carbocycles. The lowest BCUT2D eigenvalue weighted by molar-refractivity contribution is -0.765. The first-order valence-electron chi connectivity index (χ1n) is 8.13. The number of pyridine rings is 1. The van der Waals surface area contributed by atoms with Crippen molar-refractivity contribution in [2.24, 2.45) is 5.73 Å². The van der Waals surface area contributed by atoms with E-state index in [1.54, 1.807) is 12.3 Å². The summed E-state index contributed by atoms with van der Waals surface area (Å²) >= 11 is 0. The Morgan fingerprint density at radius 1 is 1.07 bits per heavy atom. The van der Waals surface area contributed by atoms with Gasteiger partial charge in [0.2, 0.25) is 6.10 Å². The minimum absolute atomic E-state index is 0.204. The fourth-order valence-electron chi connectivity index (χ4n) is 2.73. The van der Waals surface area contributed by atoms with Gasteiger partial charge in [-0.2, -0.15) is 4.57 Å². The van der Waals surface area contributed by atoms with E-state index in [1.807, 2.05) is 0 Å². The number of hydrogen-bond acceptors (Lipinski definition) is 8. The highest BCUT2D eigenvalue weighted by atomic mass is 16.7. The van der Waals surface area contributed by atoms with Crippen LogP contribution < -0.4 is 10.3 Å². The zero-order valence-electron chi connectivity index (χ0n) is 15.1. The molecule has 0 saturated carbocycles. The summed E-state index contributed by atoms with van der Waals surface area (Å²) in [6.45, 7) is 3.41. The number of esters is 3. The molecule has 1 fully saturated rings. The largest absolute Gasteiger partial charge is 0.463 e. The van der Waals surface area contributed by atoms with Crippen LogP contribution in [0.15, 0.2) is 24.5 Å². The van der Waals surface area contributed by atoms with Gasteiger partial charge in [-0.05, 0) is 6.07 Å². The van der Waals surface area contributed by atoms with Crippen LogP contribution in [0.3, 0.4) is 0 Å². The van der Waals surface area contributed by atoms with E-state index >= 15 is 0 Å². The average Bonchev–Trinajstić information content (AvgIpc) is 2.89. The molecule has 1 saturated heterocycles.